The minimum Gasteiger partial charge on any atom is -0.437 e. The molecule has 2 rings (SSSR count). The molecule has 94 valence electrons. The summed E-state index contributed by atoms with van der Waals surface area (Å²) < 4.78 is 5.48. The number of ether oxygens (including phenoxy) is 1. The first-order valence-electron chi connectivity index (χ1n) is 5.09. The SMILES string of the molecule is Nc1nc(Oc2ccc(CO)cc2)c(Cl)cc1Cl. The van der Waals surface area contributed by atoms with Gasteiger partial charge in [0.05, 0.1) is 11.6 Å². The number of nitrogen functional groups attached to an aromatic ring is 1. The number of pyridine rings is 1. The van der Waals surface area contributed by atoms with E-state index in [2.05, 4.69) is 4.98 Å². The summed E-state index contributed by atoms with van der Waals surface area (Å²) in [6.45, 7) is -0.0207. The van der Waals surface area contributed by atoms with Gasteiger partial charge >= 0.3 is 0 Å². The highest BCUT2D eigenvalue weighted by molar-refractivity contribution is 6.36. The molecule has 0 radical (unpaired) electrons. The van der Waals surface area contributed by atoms with Crippen LogP contribution in [-0.4, -0.2) is 10.1 Å². The van der Waals surface area contributed by atoms with E-state index >= 15 is 0 Å². The summed E-state index contributed by atoms with van der Waals surface area (Å²) in [6, 6.07) is 8.36. The average molecular weight is 285 g/mol. The van der Waals surface area contributed by atoms with Crippen molar-refractivity contribution in [2.24, 2.45) is 0 Å². The molecule has 0 aliphatic rings. The van der Waals surface area contributed by atoms with Gasteiger partial charge in [0.2, 0.25) is 5.88 Å². The second-order valence-electron chi connectivity index (χ2n) is 3.55. The van der Waals surface area contributed by atoms with Gasteiger partial charge in [0.1, 0.15) is 16.6 Å². The Morgan fingerprint density at radius 1 is 1.17 bits per heavy atom. The fourth-order valence-corrected chi connectivity index (χ4v) is 1.71. The number of rotatable bonds is 3. The number of aliphatic hydroxyl groups is 1. The van der Waals surface area contributed by atoms with Crippen molar-refractivity contribution in [1.29, 1.82) is 0 Å². The number of nitrogens with two attached hydrogens (primary N) is 1. The molecule has 18 heavy (non-hydrogen) atoms. The summed E-state index contributed by atoms with van der Waals surface area (Å²) in [5.74, 6) is 0.890. The first kappa shape index (κ1) is 13.0. The Balaban J connectivity index is 2.25. The quantitative estimate of drug-likeness (QED) is 0.908. The zero-order chi connectivity index (χ0) is 13.1. The van der Waals surface area contributed by atoms with Gasteiger partial charge in [0, 0.05) is 0 Å². The summed E-state index contributed by atoms with van der Waals surface area (Å²) in [7, 11) is 0. The van der Waals surface area contributed by atoms with Gasteiger partial charge in [-0.25, -0.2) is 0 Å². The highest BCUT2D eigenvalue weighted by atomic mass is 35.5. The molecule has 4 nitrogen and oxygen atoms in total. The molecule has 6 heteroatoms. The van der Waals surface area contributed by atoms with Crippen molar-refractivity contribution in [3.63, 3.8) is 0 Å². The molecule has 3 N–H and O–H groups in total. The minimum atomic E-state index is -0.0207. The maximum Gasteiger partial charge on any atom is 0.240 e. The van der Waals surface area contributed by atoms with Gasteiger partial charge in [-0.15, -0.1) is 0 Å². The molecule has 0 fully saturated rings. The lowest BCUT2D eigenvalue weighted by atomic mass is 10.2. The van der Waals surface area contributed by atoms with Crippen molar-refractivity contribution in [1.82, 2.24) is 4.98 Å². The number of benzene rings is 1. The predicted octanol–water partition coefficient (Wildman–Crippen LogP) is 3.26. The van der Waals surface area contributed by atoms with Gasteiger partial charge < -0.3 is 15.6 Å². The maximum atomic E-state index is 8.92. The lowest BCUT2D eigenvalue weighted by molar-refractivity contribution is 0.281. The molecular weight excluding hydrogens is 275 g/mol. The van der Waals surface area contributed by atoms with Crippen LogP contribution in [0, 0.1) is 0 Å². The van der Waals surface area contributed by atoms with Crippen molar-refractivity contribution in [3.8, 4) is 11.6 Å². The third-order valence-electron chi connectivity index (χ3n) is 2.24. The molecule has 0 atom stereocenters. The van der Waals surface area contributed by atoms with E-state index in [0.717, 1.165) is 5.56 Å². The molecule has 2 aromatic rings. The van der Waals surface area contributed by atoms with Gasteiger partial charge in [-0.05, 0) is 23.8 Å². The van der Waals surface area contributed by atoms with E-state index in [4.69, 9.17) is 38.8 Å². The van der Waals surface area contributed by atoms with Crippen molar-refractivity contribution >= 4 is 29.0 Å². The number of halogens is 2. The van der Waals surface area contributed by atoms with Gasteiger partial charge in [-0.1, -0.05) is 35.3 Å². The van der Waals surface area contributed by atoms with Crippen molar-refractivity contribution in [3.05, 3.63) is 45.9 Å². The molecule has 0 saturated heterocycles. The first-order chi connectivity index (χ1) is 8.60. The second-order valence-corrected chi connectivity index (χ2v) is 4.36. The van der Waals surface area contributed by atoms with E-state index in [1.807, 2.05) is 0 Å². The Bertz CT molecular complexity index is 559. The smallest absolute Gasteiger partial charge is 0.240 e. The number of hydrogen-bond acceptors (Lipinski definition) is 4. The highest BCUT2D eigenvalue weighted by Crippen LogP contribution is 2.32. The molecule has 1 aromatic heterocycles. The topological polar surface area (TPSA) is 68.4 Å². The van der Waals surface area contributed by atoms with Crippen LogP contribution in [0.25, 0.3) is 0 Å². The largest absolute Gasteiger partial charge is 0.437 e. The van der Waals surface area contributed by atoms with Crippen LogP contribution in [0.15, 0.2) is 30.3 Å². The van der Waals surface area contributed by atoms with E-state index in [1.54, 1.807) is 24.3 Å². The Morgan fingerprint density at radius 3 is 2.44 bits per heavy atom. The third-order valence-corrected chi connectivity index (χ3v) is 2.82. The van der Waals surface area contributed by atoms with Gasteiger partial charge in [-0.2, -0.15) is 4.98 Å². The normalized spacial score (nSPS) is 10.4. The van der Waals surface area contributed by atoms with Gasteiger partial charge in [-0.3, -0.25) is 0 Å². The van der Waals surface area contributed by atoms with Gasteiger partial charge in [0.15, 0.2) is 0 Å². The molecule has 1 aromatic carbocycles. The number of aliphatic hydroxyl groups excluding tert-OH is 1. The molecule has 1 heterocycles. The van der Waals surface area contributed by atoms with Crippen LogP contribution in [0.5, 0.6) is 11.6 Å². The molecule has 0 amide bonds. The molecule has 0 aliphatic heterocycles. The summed E-state index contributed by atoms with van der Waals surface area (Å²) in [5, 5.41) is 9.48. The fraction of sp³-hybridized carbons (Fsp3) is 0.0833. The maximum absolute atomic E-state index is 8.92. The van der Waals surface area contributed by atoms with E-state index < -0.39 is 0 Å². The van der Waals surface area contributed by atoms with Gasteiger partial charge in [0.25, 0.3) is 0 Å². The zero-order valence-corrected chi connectivity index (χ0v) is 10.7. The minimum absolute atomic E-state index is 0.0207. The molecule has 0 spiro atoms. The van der Waals surface area contributed by atoms with E-state index in [0.29, 0.717) is 5.75 Å². The molecule has 0 unspecified atom stereocenters. The molecule has 0 bridgehead atoms. The van der Waals surface area contributed by atoms with E-state index in [9.17, 15) is 0 Å². The van der Waals surface area contributed by atoms with Crippen LogP contribution >= 0.6 is 23.2 Å². The first-order valence-corrected chi connectivity index (χ1v) is 5.85. The van der Waals surface area contributed by atoms with Crippen LogP contribution in [0.4, 0.5) is 5.82 Å². The summed E-state index contributed by atoms with van der Waals surface area (Å²) in [5.41, 5.74) is 6.36. The van der Waals surface area contributed by atoms with Crippen LogP contribution in [0.3, 0.4) is 0 Å². The zero-order valence-electron chi connectivity index (χ0n) is 9.23. The standard InChI is InChI=1S/C12H10Cl2N2O2/c13-9-5-10(14)12(16-11(9)15)18-8-3-1-7(6-17)2-4-8/h1-5,17H,6H2,(H2,15,16). The predicted molar refractivity (Wildman–Crippen MR) is 71.1 cm³/mol. The number of hydrogen-bond donors (Lipinski definition) is 2. The second kappa shape index (κ2) is 5.44. The monoisotopic (exact) mass is 284 g/mol. The third kappa shape index (κ3) is 2.85. The number of aromatic nitrogens is 1. The number of nitrogens with zero attached hydrogens (tertiary/aromatic N) is 1. The van der Waals surface area contributed by atoms with Crippen LogP contribution in [-0.2, 0) is 6.61 Å². The van der Waals surface area contributed by atoms with Crippen molar-refractivity contribution in [2.45, 2.75) is 6.61 Å². The summed E-state index contributed by atoms with van der Waals surface area (Å²) in [6.07, 6.45) is 0. The lowest BCUT2D eigenvalue weighted by Gasteiger charge is -2.08. The summed E-state index contributed by atoms with van der Waals surface area (Å²) in [4.78, 5) is 3.95. The Morgan fingerprint density at radius 2 is 1.83 bits per heavy atom. The Labute approximate surface area is 114 Å². The van der Waals surface area contributed by atoms with Crippen LogP contribution in [0.2, 0.25) is 10.0 Å². The molecular formula is C12H10Cl2N2O2. The van der Waals surface area contributed by atoms with Crippen molar-refractivity contribution in [2.75, 3.05) is 5.73 Å². The summed E-state index contributed by atoms with van der Waals surface area (Å²) >= 11 is 11.7. The van der Waals surface area contributed by atoms with Crippen LogP contribution in [0.1, 0.15) is 5.56 Å². The lowest BCUT2D eigenvalue weighted by Crippen LogP contribution is -1.95. The Kier molecular flexibility index (Phi) is 3.91. The number of anilines is 1. The van der Waals surface area contributed by atoms with E-state index in [1.165, 1.54) is 6.07 Å². The van der Waals surface area contributed by atoms with Crippen molar-refractivity contribution < 1.29 is 9.84 Å². The average Bonchev–Trinajstić information content (AvgIpc) is 2.37. The molecule has 0 saturated carbocycles. The molecule has 0 aliphatic carbocycles. The fourth-order valence-electron chi connectivity index (χ4n) is 1.31. The Hall–Kier alpha value is -1.49. The highest BCUT2D eigenvalue weighted by Gasteiger charge is 2.09. The van der Waals surface area contributed by atoms with Crippen LogP contribution < -0.4 is 10.5 Å². The van der Waals surface area contributed by atoms with E-state index in [-0.39, 0.29) is 28.3 Å².